The number of carbonyl (C=O) groups is 2. The number of fused-ring (bicyclic) bond motifs is 3. The zero-order valence-corrected chi connectivity index (χ0v) is 16.3. The normalized spacial score (nSPS) is 11.8. The van der Waals surface area contributed by atoms with Gasteiger partial charge in [0.2, 0.25) is 0 Å². The molecule has 0 radical (unpaired) electrons. The number of rotatable bonds is 4. The number of nitro groups is 1. The third-order valence-electron chi connectivity index (χ3n) is 5.14. The first-order valence-corrected chi connectivity index (χ1v) is 9.18. The van der Waals surface area contributed by atoms with Crippen LogP contribution in [0.4, 0.5) is 18.9 Å². The van der Waals surface area contributed by atoms with Gasteiger partial charge in [0.1, 0.15) is 11.3 Å². The molecule has 0 saturated carbocycles. The van der Waals surface area contributed by atoms with Gasteiger partial charge in [-0.1, -0.05) is 18.2 Å². The van der Waals surface area contributed by atoms with Crippen molar-refractivity contribution in [1.29, 1.82) is 0 Å². The Morgan fingerprint density at radius 1 is 1.03 bits per heavy atom. The van der Waals surface area contributed by atoms with Crippen LogP contribution in [-0.2, 0) is 6.18 Å². The third kappa shape index (κ3) is 3.16. The van der Waals surface area contributed by atoms with Crippen LogP contribution >= 0.6 is 0 Å². The van der Waals surface area contributed by atoms with E-state index < -0.39 is 39.7 Å². The molecule has 0 atom stereocenters. The zero-order chi connectivity index (χ0) is 23.4. The Hall–Kier alpha value is -4.21. The summed E-state index contributed by atoms with van der Waals surface area (Å²) in [5.74, 6) is -2.89. The number of carboxylic acids is 1. The van der Waals surface area contributed by atoms with E-state index >= 15 is 0 Å². The van der Waals surface area contributed by atoms with Gasteiger partial charge in [0.05, 0.1) is 21.5 Å². The summed E-state index contributed by atoms with van der Waals surface area (Å²) in [6.07, 6.45) is -5.08. The molecule has 0 bridgehead atoms. The molecule has 0 aliphatic carbocycles. The molecule has 162 valence electrons. The van der Waals surface area contributed by atoms with Gasteiger partial charge >= 0.3 is 12.1 Å². The van der Waals surface area contributed by atoms with Crippen molar-refractivity contribution in [2.24, 2.45) is 0 Å². The van der Waals surface area contributed by atoms with Crippen molar-refractivity contribution in [2.45, 2.75) is 13.1 Å². The minimum absolute atomic E-state index is 0.0886. The predicted molar refractivity (Wildman–Crippen MR) is 108 cm³/mol. The number of halogens is 3. The second-order valence-corrected chi connectivity index (χ2v) is 7.10. The highest BCUT2D eigenvalue weighted by molar-refractivity contribution is 6.20. The summed E-state index contributed by atoms with van der Waals surface area (Å²) in [6.45, 7) is 1.49. The van der Waals surface area contributed by atoms with Gasteiger partial charge in [-0.25, -0.2) is 4.79 Å². The number of aryl methyl sites for hydroxylation is 1. The van der Waals surface area contributed by atoms with Crippen LogP contribution in [0.25, 0.3) is 16.4 Å². The molecule has 0 fully saturated rings. The van der Waals surface area contributed by atoms with Crippen LogP contribution in [0.5, 0.6) is 0 Å². The van der Waals surface area contributed by atoms with Crippen LogP contribution in [0.15, 0.2) is 54.6 Å². The van der Waals surface area contributed by atoms with E-state index in [2.05, 4.69) is 0 Å². The minimum atomic E-state index is -5.08. The van der Waals surface area contributed by atoms with Crippen molar-refractivity contribution < 1.29 is 32.8 Å². The van der Waals surface area contributed by atoms with Crippen LogP contribution in [-0.4, -0.2) is 26.2 Å². The van der Waals surface area contributed by atoms with E-state index in [1.54, 1.807) is 18.2 Å². The van der Waals surface area contributed by atoms with Gasteiger partial charge < -0.3 is 9.51 Å². The number of alkyl halides is 3. The molecule has 0 aliphatic heterocycles. The number of hydrogen-bond acceptors (Lipinski definition) is 4. The smallest absolute Gasteiger partial charge is 0.432 e. The average molecular weight is 442 g/mol. The van der Waals surface area contributed by atoms with E-state index in [1.807, 2.05) is 0 Å². The molecule has 0 unspecified atom stereocenters. The molecule has 2 aromatic heterocycles. The lowest BCUT2D eigenvalue weighted by atomic mass is 9.97. The van der Waals surface area contributed by atoms with Crippen LogP contribution in [0.3, 0.4) is 0 Å². The van der Waals surface area contributed by atoms with Crippen molar-refractivity contribution in [1.82, 2.24) is 4.40 Å². The first-order valence-electron chi connectivity index (χ1n) is 9.18. The lowest BCUT2D eigenvalue weighted by Crippen LogP contribution is -2.16. The predicted octanol–water partition coefficient (Wildman–Crippen LogP) is 5.26. The summed E-state index contributed by atoms with van der Waals surface area (Å²) in [7, 11) is 0. The van der Waals surface area contributed by atoms with Crippen LogP contribution in [0, 0.1) is 17.0 Å². The number of non-ortho nitro benzene ring substituents is 1. The fourth-order valence-electron chi connectivity index (χ4n) is 3.88. The first-order chi connectivity index (χ1) is 15.0. The Morgan fingerprint density at radius 3 is 2.22 bits per heavy atom. The maximum absolute atomic E-state index is 14.1. The van der Waals surface area contributed by atoms with Gasteiger partial charge in [-0.05, 0) is 42.1 Å². The van der Waals surface area contributed by atoms with E-state index in [0.29, 0.717) is 5.39 Å². The van der Waals surface area contributed by atoms with Gasteiger partial charge in [0, 0.05) is 17.7 Å². The van der Waals surface area contributed by atoms with E-state index in [4.69, 9.17) is 0 Å². The largest absolute Gasteiger partial charge is 0.478 e. The van der Waals surface area contributed by atoms with Gasteiger partial charge in [0.25, 0.3) is 5.69 Å². The molecular formula is C22H13F3N2O5. The fourth-order valence-corrected chi connectivity index (χ4v) is 3.88. The quantitative estimate of drug-likeness (QED) is 0.264. The molecule has 1 N–H and O–H groups in total. The number of aromatic nitrogens is 1. The summed E-state index contributed by atoms with van der Waals surface area (Å²) >= 11 is 0. The molecule has 32 heavy (non-hydrogen) atoms. The average Bonchev–Trinajstić information content (AvgIpc) is 3.11. The standard InChI is InChI=1S/C22H13F3N2O5/c1-11-10-13-4-2-3-5-15(13)26-18(11)16(17(21(29)30)20(26)22(23,24)25)19(28)12-6-8-14(9-7-12)27(31)32/h2-10H,1H3,(H,29,30). The highest BCUT2D eigenvalue weighted by Crippen LogP contribution is 2.41. The number of pyridine rings is 1. The number of nitro benzene ring substituents is 1. The molecule has 0 aliphatic rings. The fraction of sp³-hybridized carbons (Fsp3) is 0.0909. The molecule has 4 rings (SSSR count). The van der Waals surface area contributed by atoms with Crippen molar-refractivity contribution in [3.8, 4) is 0 Å². The van der Waals surface area contributed by atoms with Crippen LogP contribution in [0.2, 0.25) is 0 Å². The summed E-state index contributed by atoms with van der Waals surface area (Å²) in [5.41, 5.74) is -3.58. The number of benzene rings is 2. The van der Waals surface area contributed by atoms with Gasteiger partial charge in [-0.3, -0.25) is 14.9 Å². The molecule has 0 amide bonds. The summed E-state index contributed by atoms with van der Waals surface area (Å²) in [6, 6.07) is 11.9. The number of carboxylic acid groups (broad SMARTS) is 1. The summed E-state index contributed by atoms with van der Waals surface area (Å²) in [5, 5.41) is 21.0. The number of hydrogen-bond donors (Lipinski definition) is 1. The van der Waals surface area contributed by atoms with E-state index in [9.17, 15) is 38.0 Å². The minimum Gasteiger partial charge on any atom is -0.478 e. The molecule has 10 heteroatoms. The Bertz CT molecular complexity index is 1440. The Morgan fingerprint density at radius 2 is 1.66 bits per heavy atom. The number of carbonyl (C=O) groups excluding carboxylic acids is 1. The molecule has 2 heterocycles. The van der Waals surface area contributed by atoms with E-state index in [-0.39, 0.29) is 27.8 Å². The molecular weight excluding hydrogens is 429 g/mol. The maximum atomic E-state index is 14.1. The summed E-state index contributed by atoms with van der Waals surface area (Å²) in [4.78, 5) is 35.5. The zero-order valence-electron chi connectivity index (χ0n) is 16.3. The lowest BCUT2D eigenvalue weighted by Gasteiger charge is -2.12. The van der Waals surface area contributed by atoms with Gasteiger partial charge in [-0.15, -0.1) is 0 Å². The number of para-hydroxylation sites is 1. The summed E-state index contributed by atoms with van der Waals surface area (Å²) < 4.78 is 43.2. The van der Waals surface area contributed by atoms with Crippen molar-refractivity contribution in [3.63, 3.8) is 0 Å². The number of aromatic carboxylic acids is 1. The van der Waals surface area contributed by atoms with E-state index in [1.165, 1.54) is 19.1 Å². The topological polar surface area (TPSA) is 102 Å². The van der Waals surface area contributed by atoms with Crippen LogP contribution < -0.4 is 0 Å². The van der Waals surface area contributed by atoms with Gasteiger partial charge in [0.15, 0.2) is 5.78 Å². The molecule has 2 aromatic carbocycles. The highest BCUT2D eigenvalue weighted by Gasteiger charge is 2.43. The van der Waals surface area contributed by atoms with Crippen molar-refractivity contribution in [3.05, 3.63) is 92.7 Å². The molecule has 7 nitrogen and oxygen atoms in total. The molecule has 0 spiro atoms. The first kappa shape index (κ1) is 21.0. The molecule has 0 saturated heterocycles. The Labute approximate surface area is 177 Å². The molecule has 4 aromatic rings. The second kappa shape index (κ2) is 7.19. The third-order valence-corrected chi connectivity index (χ3v) is 5.14. The Kier molecular flexibility index (Phi) is 4.73. The van der Waals surface area contributed by atoms with Crippen molar-refractivity contribution in [2.75, 3.05) is 0 Å². The van der Waals surface area contributed by atoms with Gasteiger partial charge in [-0.2, -0.15) is 13.2 Å². The van der Waals surface area contributed by atoms with E-state index in [0.717, 1.165) is 28.7 Å². The van der Waals surface area contributed by atoms with Crippen LogP contribution in [0.1, 0.15) is 37.5 Å². The lowest BCUT2D eigenvalue weighted by molar-refractivity contribution is -0.384. The SMILES string of the molecule is Cc1cc2ccccc2n2c(C(F)(F)F)c(C(=O)O)c(C(=O)c3ccc([N+](=O)[O-])cc3)c12. The maximum Gasteiger partial charge on any atom is 0.432 e. The number of ketones is 1. The number of nitrogens with zero attached hydrogens (tertiary/aromatic N) is 2. The van der Waals surface area contributed by atoms with Crippen molar-refractivity contribution >= 4 is 33.9 Å². The highest BCUT2D eigenvalue weighted by atomic mass is 19.4. The Balaban J connectivity index is 2.16. The monoisotopic (exact) mass is 442 g/mol. The second-order valence-electron chi connectivity index (χ2n) is 7.10.